The fraction of sp³-hybridized carbons (Fsp3) is 0.300. The number of carbonyl (C=O) groups is 1. The maximum Gasteiger partial charge on any atom is 0.269 e. The van der Waals surface area contributed by atoms with Crippen molar-refractivity contribution in [2.75, 3.05) is 6.61 Å². The molecule has 0 spiro atoms. The van der Waals surface area contributed by atoms with Crippen LogP contribution in [0.5, 0.6) is 5.75 Å². The summed E-state index contributed by atoms with van der Waals surface area (Å²) in [5, 5.41) is 21.0. The fourth-order valence-corrected chi connectivity index (χ4v) is 1.27. The molecule has 0 heterocycles. The van der Waals surface area contributed by atoms with Gasteiger partial charge in [-0.25, -0.2) is 0 Å². The third-order valence-electron chi connectivity index (χ3n) is 1.89. The van der Waals surface area contributed by atoms with Crippen LogP contribution in [0.3, 0.4) is 0 Å². The highest BCUT2D eigenvalue weighted by molar-refractivity contribution is 5.69. The number of hydrogen-bond acceptors (Lipinski definition) is 5. The Hall–Kier alpha value is -2.11. The molecule has 6 heteroatoms. The highest BCUT2D eigenvalue weighted by Crippen LogP contribution is 2.24. The standard InChI is InChI=1S/C10H11NO5/c1-2-16-9-4-3-8(11(14)15)5-7(9)6-10(12)13/h3-5H,2,6H2,1H3,(H,12,13)/p-1. The largest absolute Gasteiger partial charge is 0.550 e. The molecule has 1 aromatic rings. The van der Waals surface area contributed by atoms with Crippen molar-refractivity contribution in [1.82, 2.24) is 0 Å². The number of hydrogen-bond donors (Lipinski definition) is 0. The Morgan fingerprint density at radius 2 is 2.19 bits per heavy atom. The number of carbonyl (C=O) groups excluding carboxylic acids is 1. The summed E-state index contributed by atoms with van der Waals surface area (Å²) < 4.78 is 5.16. The molecule has 0 aromatic heterocycles. The monoisotopic (exact) mass is 224 g/mol. The first-order valence-corrected chi connectivity index (χ1v) is 4.64. The number of benzene rings is 1. The second-order valence-corrected chi connectivity index (χ2v) is 3.03. The first-order chi connectivity index (χ1) is 7.54. The molecule has 86 valence electrons. The summed E-state index contributed by atoms with van der Waals surface area (Å²) in [6.07, 6.45) is -0.406. The lowest BCUT2D eigenvalue weighted by atomic mass is 10.1. The molecule has 0 fully saturated rings. The van der Waals surface area contributed by atoms with Gasteiger partial charge in [0.05, 0.1) is 11.5 Å². The lowest BCUT2D eigenvalue weighted by Crippen LogP contribution is -2.24. The zero-order valence-corrected chi connectivity index (χ0v) is 8.63. The molecule has 16 heavy (non-hydrogen) atoms. The van der Waals surface area contributed by atoms with E-state index < -0.39 is 17.3 Å². The normalized spacial score (nSPS) is 9.81. The predicted molar refractivity (Wildman–Crippen MR) is 53.0 cm³/mol. The van der Waals surface area contributed by atoms with Crippen LogP contribution in [0, 0.1) is 10.1 Å². The second kappa shape index (κ2) is 5.11. The Bertz CT molecular complexity index is 416. The van der Waals surface area contributed by atoms with Gasteiger partial charge in [-0.3, -0.25) is 10.1 Å². The van der Waals surface area contributed by atoms with Crippen molar-refractivity contribution in [3.8, 4) is 5.75 Å². The van der Waals surface area contributed by atoms with Gasteiger partial charge in [-0.2, -0.15) is 0 Å². The molecule has 0 amide bonds. The van der Waals surface area contributed by atoms with Crippen LogP contribution in [0.4, 0.5) is 5.69 Å². The topological polar surface area (TPSA) is 92.5 Å². The molecule has 0 N–H and O–H groups in total. The molecule has 6 nitrogen and oxygen atoms in total. The molecular formula is C10H10NO5-. The van der Waals surface area contributed by atoms with Gasteiger partial charge >= 0.3 is 0 Å². The summed E-state index contributed by atoms with van der Waals surface area (Å²) in [6.45, 7) is 2.10. The van der Waals surface area contributed by atoms with Crippen LogP contribution in [0.2, 0.25) is 0 Å². The SMILES string of the molecule is CCOc1ccc([N+](=O)[O-])cc1CC(=O)[O-]. The fourth-order valence-electron chi connectivity index (χ4n) is 1.27. The third kappa shape index (κ3) is 2.94. The lowest BCUT2D eigenvalue weighted by molar-refractivity contribution is -0.384. The number of nitro groups is 1. The van der Waals surface area contributed by atoms with E-state index in [1.54, 1.807) is 6.92 Å². The zero-order valence-electron chi connectivity index (χ0n) is 8.63. The number of ether oxygens (including phenoxy) is 1. The van der Waals surface area contributed by atoms with Crippen molar-refractivity contribution in [2.24, 2.45) is 0 Å². The number of nitrogens with zero attached hydrogens (tertiary/aromatic N) is 1. The van der Waals surface area contributed by atoms with Gasteiger partial charge in [0.25, 0.3) is 5.69 Å². The van der Waals surface area contributed by atoms with E-state index in [2.05, 4.69) is 0 Å². The summed E-state index contributed by atoms with van der Waals surface area (Å²) in [5.74, 6) is -0.973. The summed E-state index contributed by atoms with van der Waals surface area (Å²) in [5.41, 5.74) is 0.0794. The first-order valence-electron chi connectivity index (χ1n) is 4.64. The lowest BCUT2D eigenvalue weighted by Gasteiger charge is -2.10. The van der Waals surface area contributed by atoms with E-state index in [1.807, 2.05) is 0 Å². The van der Waals surface area contributed by atoms with Crippen LogP contribution in [-0.2, 0) is 11.2 Å². The number of non-ortho nitro benzene ring substituents is 1. The number of nitro benzene ring substituents is 1. The number of aliphatic carboxylic acids is 1. The second-order valence-electron chi connectivity index (χ2n) is 3.03. The van der Waals surface area contributed by atoms with E-state index in [0.717, 1.165) is 0 Å². The van der Waals surface area contributed by atoms with Crippen LogP contribution in [0.15, 0.2) is 18.2 Å². The highest BCUT2D eigenvalue weighted by Gasteiger charge is 2.11. The van der Waals surface area contributed by atoms with Gasteiger partial charge < -0.3 is 14.6 Å². The van der Waals surface area contributed by atoms with E-state index in [4.69, 9.17) is 4.74 Å². The zero-order chi connectivity index (χ0) is 12.1. The van der Waals surface area contributed by atoms with Crippen molar-refractivity contribution in [1.29, 1.82) is 0 Å². The molecular weight excluding hydrogens is 214 g/mol. The van der Waals surface area contributed by atoms with Gasteiger partial charge in [0, 0.05) is 30.1 Å². The van der Waals surface area contributed by atoms with Crippen LogP contribution in [0.1, 0.15) is 12.5 Å². The van der Waals surface area contributed by atoms with Crippen LogP contribution in [-0.4, -0.2) is 17.5 Å². The van der Waals surface area contributed by atoms with Gasteiger partial charge in [0.2, 0.25) is 0 Å². The number of carboxylic acids is 1. The van der Waals surface area contributed by atoms with Crippen LogP contribution in [0.25, 0.3) is 0 Å². The van der Waals surface area contributed by atoms with E-state index in [0.29, 0.717) is 12.4 Å². The maximum atomic E-state index is 10.5. The third-order valence-corrected chi connectivity index (χ3v) is 1.89. The van der Waals surface area contributed by atoms with Gasteiger partial charge in [0.15, 0.2) is 0 Å². The minimum Gasteiger partial charge on any atom is -0.550 e. The Labute approximate surface area is 91.6 Å². The van der Waals surface area contributed by atoms with Gasteiger partial charge in [-0.1, -0.05) is 0 Å². The Morgan fingerprint density at radius 3 is 2.69 bits per heavy atom. The van der Waals surface area contributed by atoms with Crippen molar-refractivity contribution in [3.05, 3.63) is 33.9 Å². The van der Waals surface area contributed by atoms with Crippen LogP contribution < -0.4 is 9.84 Å². The van der Waals surface area contributed by atoms with Crippen molar-refractivity contribution >= 4 is 11.7 Å². The minimum atomic E-state index is -1.30. The average Bonchev–Trinajstić information content (AvgIpc) is 2.19. The maximum absolute atomic E-state index is 10.5. The molecule has 0 aliphatic rings. The summed E-state index contributed by atoms with van der Waals surface area (Å²) in [4.78, 5) is 20.4. The number of rotatable bonds is 5. The van der Waals surface area contributed by atoms with E-state index in [-0.39, 0.29) is 11.3 Å². The van der Waals surface area contributed by atoms with Gasteiger partial charge in [0.1, 0.15) is 5.75 Å². The van der Waals surface area contributed by atoms with E-state index >= 15 is 0 Å². The van der Waals surface area contributed by atoms with Gasteiger partial charge in [-0.15, -0.1) is 0 Å². The predicted octanol–water partition coefficient (Wildman–Crippen LogP) is 0.286. The Balaban J connectivity index is 3.09. The van der Waals surface area contributed by atoms with Gasteiger partial charge in [-0.05, 0) is 13.0 Å². The Morgan fingerprint density at radius 1 is 1.50 bits per heavy atom. The molecule has 0 aliphatic carbocycles. The molecule has 0 saturated heterocycles. The minimum absolute atomic E-state index is 0.167. The van der Waals surface area contributed by atoms with Crippen molar-refractivity contribution in [2.45, 2.75) is 13.3 Å². The summed E-state index contributed by atoms with van der Waals surface area (Å²) in [6, 6.07) is 3.84. The average molecular weight is 224 g/mol. The quantitative estimate of drug-likeness (QED) is 0.529. The molecule has 0 saturated carbocycles. The molecule has 0 atom stereocenters. The molecule has 0 radical (unpaired) electrons. The molecule has 0 unspecified atom stereocenters. The number of carboxylic acid groups (broad SMARTS) is 1. The smallest absolute Gasteiger partial charge is 0.269 e. The molecule has 0 bridgehead atoms. The Kier molecular flexibility index (Phi) is 3.82. The summed E-state index contributed by atoms with van der Waals surface area (Å²) in [7, 11) is 0. The van der Waals surface area contributed by atoms with E-state index in [1.165, 1.54) is 18.2 Å². The molecule has 1 rings (SSSR count). The highest BCUT2D eigenvalue weighted by atomic mass is 16.6. The summed E-state index contributed by atoms with van der Waals surface area (Å²) >= 11 is 0. The van der Waals surface area contributed by atoms with Crippen molar-refractivity contribution in [3.63, 3.8) is 0 Å². The molecule has 1 aromatic carbocycles. The van der Waals surface area contributed by atoms with E-state index in [9.17, 15) is 20.0 Å². The first kappa shape index (κ1) is 12.0. The molecule has 0 aliphatic heterocycles. The van der Waals surface area contributed by atoms with Crippen LogP contribution >= 0.6 is 0 Å². The van der Waals surface area contributed by atoms with Crippen molar-refractivity contribution < 1.29 is 19.6 Å².